The first-order valence-electron chi connectivity index (χ1n) is 7.31. The molecule has 122 valence electrons. The molecule has 1 heterocycles. The van der Waals surface area contributed by atoms with Crippen LogP contribution in [-0.2, 0) is 14.2 Å². The van der Waals surface area contributed by atoms with Gasteiger partial charge in [-0.3, -0.25) is 0 Å². The van der Waals surface area contributed by atoms with E-state index in [1.165, 1.54) is 0 Å². The quantitative estimate of drug-likeness (QED) is 0.724. The fourth-order valence-electron chi connectivity index (χ4n) is 2.26. The Balaban J connectivity index is 2.15. The third-order valence-corrected chi connectivity index (χ3v) is 3.46. The molecule has 1 aromatic rings. The van der Waals surface area contributed by atoms with E-state index in [9.17, 15) is 0 Å². The maximum Gasteiger partial charge on any atom is 0.168 e. The third kappa shape index (κ3) is 3.93. The molecule has 0 N–H and O–H groups in total. The van der Waals surface area contributed by atoms with Crippen LogP contribution in [0.2, 0.25) is 0 Å². The largest absolute Gasteiger partial charge is 0.504 e. The maximum absolute atomic E-state index is 6.04. The zero-order valence-corrected chi connectivity index (χ0v) is 13.6. The molecule has 2 rings (SSSR count). The maximum atomic E-state index is 6.04. The van der Waals surface area contributed by atoms with E-state index in [0.717, 1.165) is 5.56 Å². The molecule has 0 bridgehead atoms. The Kier molecular flexibility index (Phi) is 5.69. The Morgan fingerprint density at radius 1 is 1.23 bits per heavy atom. The Morgan fingerprint density at radius 2 is 1.95 bits per heavy atom. The number of hydrogen-bond donors (Lipinski definition) is 0. The Morgan fingerprint density at radius 3 is 2.59 bits per heavy atom. The van der Waals surface area contributed by atoms with Crippen molar-refractivity contribution in [2.45, 2.75) is 20.1 Å². The molecule has 0 spiro atoms. The van der Waals surface area contributed by atoms with Gasteiger partial charge in [0.1, 0.15) is 0 Å². The van der Waals surface area contributed by atoms with Crippen LogP contribution in [0.4, 0.5) is 0 Å². The molecule has 5 heteroatoms. The van der Waals surface area contributed by atoms with Gasteiger partial charge in [0.15, 0.2) is 17.8 Å². The molecule has 1 aliphatic rings. The molecule has 5 nitrogen and oxygen atoms in total. The SMILES string of the molecule is CO/C=C/c1cccc(OC)c1OCC(C)(C)C1OCCO1. The summed E-state index contributed by atoms with van der Waals surface area (Å²) in [7, 11) is 3.23. The minimum Gasteiger partial charge on any atom is -0.504 e. The second kappa shape index (κ2) is 7.51. The lowest BCUT2D eigenvalue weighted by Gasteiger charge is -2.30. The molecule has 0 atom stereocenters. The molecule has 1 aliphatic heterocycles. The minimum absolute atomic E-state index is 0.250. The molecule has 0 amide bonds. The van der Waals surface area contributed by atoms with Gasteiger partial charge in [0, 0.05) is 11.0 Å². The summed E-state index contributed by atoms with van der Waals surface area (Å²) in [5.74, 6) is 1.37. The highest BCUT2D eigenvalue weighted by Gasteiger charge is 2.35. The van der Waals surface area contributed by atoms with Crippen molar-refractivity contribution in [2.75, 3.05) is 34.0 Å². The highest BCUT2D eigenvalue weighted by Crippen LogP contribution is 2.35. The van der Waals surface area contributed by atoms with Crippen molar-refractivity contribution in [3.8, 4) is 11.5 Å². The van der Waals surface area contributed by atoms with Gasteiger partial charge >= 0.3 is 0 Å². The molecule has 1 saturated heterocycles. The highest BCUT2D eigenvalue weighted by atomic mass is 16.7. The van der Waals surface area contributed by atoms with Crippen molar-refractivity contribution in [3.63, 3.8) is 0 Å². The summed E-state index contributed by atoms with van der Waals surface area (Å²) in [5.41, 5.74) is 0.629. The van der Waals surface area contributed by atoms with Crippen LogP contribution < -0.4 is 9.47 Å². The number of methoxy groups -OCH3 is 2. The monoisotopic (exact) mass is 308 g/mol. The molecule has 0 aromatic heterocycles. The van der Waals surface area contributed by atoms with E-state index in [1.54, 1.807) is 20.5 Å². The Bertz CT molecular complexity index is 504. The summed E-state index contributed by atoms with van der Waals surface area (Å²) in [4.78, 5) is 0. The first-order chi connectivity index (χ1) is 10.6. The van der Waals surface area contributed by atoms with Crippen LogP contribution in [0.25, 0.3) is 6.08 Å². The number of benzene rings is 1. The lowest BCUT2D eigenvalue weighted by atomic mass is 9.94. The summed E-state index contributed by atoms with van der Waals surface area (Å²) < 4.78 is 27.6. The van der Waals surface area contributed by atoms with E-state index >= 15 is 0 Å². The van der Waals surface area contributed by atoms with Crippen LogP contribution in [0, 0.1) is 5.41 Å². The first-order valence-corrected chi connectivity index (χ1v) is 7.31. The van der Waals surface area contributed by atoms with E-state index < -0.39 is 0 Å². The normalized spacial score (nSPS) is 16.2. The zero-order chi connectivity index (χ0) is 16.0. The summed E-state index contributed by atoms with van der Waals surface area (Å²) in [6, 6.07) is 5.73. The second-order valence-electron chi connectivity index (χ2n) is 5.77. The van der Waals surface area contributed by atoms with Gasteiger partial charge in [-0.2, -0.15) is 0 Å². The lowest BCUT2D eigenvalue weighted by molar-refractivity contribution is -0.131. The van der Waals surface area contributed by atoms with Crippen molar-refractivity contribution in [2.24, 2.45) is 5.41 Å². The molecule has 1 fully saturated rings. The lowest BCUT2D eigenvalue weighted by Crippen LogP contribution is -2.36. The number of para-hydroxylation sites is 1. The molecule has 1 aromatic carbocycles. The highest BCUT2D eigenvalue weighted by molar-refractivity contribution is 5.61. The average Bonchev–Trinajstić information content (AvgIpc) is 3.06. The van der Waals surface area contributed by atoms with Gasteiger partial charge in [0.05, 0.1) is 40.3 Å². The predicted molar refractivity (Wildman–Crippen MR) is 84.0 cm³/mol. The number of rotatable bonds is 7. The van der Waals surface area contributed by atoms with E-state index in [-0.39, 0.29) is 11.7 Å². The molecule has 0 aliphatic carbocycles. The second-order valence-corrected chi connectivity index (χ2v) is 5.77. The first kappa shape index (κ1) is 16.6. The molecular formula is C17H24O5. The van der Waals surface area contributed by atoms with Gasteiger partial charge in [-0.05, 0) is 12.1 Å². The van der Waals surface area contributed by atoms with Crippen molar-refractivity contribution in [1.29, 1.82) is 0 Å². The van der Waals surface area contributed by atoms with Crippen LogP contribution in [0.1, 0.15) is 19.4 Å². The predicted octanol–water partition coefficient (Wildman–Crippen LogP) is 3.09. The van der Waals surface area contributed by atoms with Gasteiger partial charge in [0.25, 0.3) is 0 Å². The number of hydrogen-bond acceptors (Lipinski definition) is 5. The topological polar surface area (TPSA) is 46.2 Å². The van der Waals surface area contributed by atoms with Gasteiger partial charge in [-0.15, -0.1) is 0 Å². The van der Waals surface area contributed by atoms with E-state index in [2.05, 4.69) is 13.8 Å². The summed E-state index contributed by atoms with van der Waals surface area (Å²) >= 11 is 0. The van der Waals surface area contributed by atoms with Gasteiger partial charge in [-0.25, -0.2) is 0 Å². The molecule has 0 saturated carbocycles. The Labute approximate surface area is 131 Å². The van der Waals surface area contributed by atoms with Gasteiger partial charge in [-0.1, -0.05) is 26.0 Å². The van der Waals surface area contributed by atoms with Crippen molar-refractivity contribution < 1.29 is 23.7 Å². The molecule has 0 unspecified atom stereocenters. The van der Waals surface area contributed by atoms with Crippen LogP contribution >= 0.6 is 0 Å². The van der Waals surface area contributed by atoms with Gasteiger partial charge < -0.3 is 23.7 Å². The summed E-state index contributed by atoms with van der Waals surface area (Å²) in [6.45, 7) is 5.83. The van der Waals surface area contributed by atoms with Crippen LogP contribution in [0.5, 0.6) is 11.5 Å². The van der Waals surface area contributed by atoms with Crippen molar-refractivity contribution >= 4 is 6.08 Å². The fraction of sp³-hybridized carbons (Fsp3) is 0.529. The van der Waals surface area contributed by atoms with Crippen LogP contribution in [0.3, 0.4) is 0 Å². The molecule has 22 heavy (non-hydrogen) atoms. The number of ether oxygens (including phenoxy) is 5. The van der Waals surface area contributed by atoms with Crippen LogP contribution in [0.15, 0.2) is 24.5 Å². The van der Waals surface area contributed by atoms with E-state index in [4.69, 9.17) is 23.7 Å². The van der Waals surface area contributed by atoms with Crippen molar-refractivity contribution in [3.05, 3.63) is 30.0 Å². The fourth-order valence-corrected chi connectivity index (χ4v) is 2.26. The smallest absolute Gasteiger partial charge is 0.168 e. The standard InChI is InChI=1S/C17H24O5/c1-17(2,16-20-10-11-21-16)12-22-15-13(8-9-18-3)6-5-7-14(15)19-4/h5-9,16H,10-12H2,1-4H3/b9-8+. The van der Waals surface area contributed by atoms with Crippen molar-refractivity contribution in [1.82, 2.24) is 0 Å². The molecule has 0 radical (unpaired) electrons. The third-order valence-electron chi connectivity index (χ3n) is 3.46. The summed E-state index contributed by atoms with van der Waals surface area (Å²) in [5, 5.41) is 0. The van der Waals surface area contributed by atoms with Crippen LogP contribution in [-0.4, -0.2) is 40.3 Å². The zero-order valence-electron chi connectivity index (χ0n) is 13.6. The molecular weight excluding hydrogens is 284 g/mol. The Hall–Kier alpha value is -1.72. The van der Waals surface area contributed by atoms with E-state index in [0.29, 0.717) is 31.3 Å². The minimum atomic E-state index is -0.264. The van der Waals surface area contributed by atoms with E-state index in [1.807, 2.05) is 24.3 Å². The van der Waals surface area contributed by atoms with Gasteiger partial charge in [0.2, 0.25) is 0 Å². The average molecular weight is 308 g/mol. The summed E-state index contributed by atoms with van der Waals surface area (Å²) in [6.07, 6.45) is 3.20.